The molecule has 4 nitrogen and oxygen atoms in total. The van der Waals surface area contributed by atoms with E-state index in [0.29, 0.717) is 12.4 Å². The number of nitrogens with zero attached hydrogens (tertiary/aromatic N) is 1. The van der Waals surface area contributed by atoms with Gasteiger partial charge in [-0.2, -0.15) is 0 Å². The highest BCUT2D eigenvalue weighted by atomic mass is 32.2. The fourth-order valence-electron chi connectivity index (χ4n) is 2.23. The Hall–Kier alpha value is -0.940. The van der Waals surface area contributed by atoms with Crippen LogP contribution in [0.2, 0.25) is 0 Å². The number of furan rings is 1. The van der Waals surface area contributed by atoms with E-state index in [-0.39, 0.29) is 11.3 Å². The molecule has 1 amide bonds. The van der Waals surface area contributed by atoms with Crippen molar-refractivity contribution in [1.82, 2.24) is 4.90 Å². The van der Waals surface area contributed by atoms with E-state index in [1.807, 2.05) is 17.0 Å². The van der Waals surface area contributed by atoms with Crippen molar-refractivity contribution in [2.45, 2.75) is 38.5 Å². The van der Waals surface area contributed by atoms with Crippen molar-refractivity contribution >= 4 is 17.7 Å². The summed E-state index contributed by atoms with van der Waals surface area (Å²) < 4.78 is 11.3. The molecule has 0 spiro atoms. The van der Waals surface area contributed by atoms with Gasteiger partial charge in [-0.3, -0.25) is 4.79 Å². The molecule has 0 radical (unpaired) electrons. The van der Waals surface area contributed by atoms with Gasteiger partial charge in [0.2, 0.25) is 5.91 Å². The minimum absolute atomic E-state index is 0.0361. The molecule has 2 rings (SSSR count). The number of rotatable bonds is 8. The lowest BCUT2D eigenvalue weighted by molar-refractivity contribution is -0.128. The third-order valence-corrected chi connectivity index (χ3v) is 4.49. The summed E-state index contributed by atoms with van der Waals surface area (Å²) in [6.07, 6.45) is 2.80. The largest absolute Gasteiger partial charge is 0.463 e. The number of aryl methyl sites for hydroxylation is 1. The van der Waals surface area contributed by atoms with Crippen LogP contribution in [0.1, 0.15) is 43.6 Å². The van der Waals surface area contributed by atoms with Crippen LogP contribution in [0.3, 0.4) is 0 Å². The molecule has 1 aromatic heterocycles. The van der Waals surface area contributed by atoms with Gasteiger partial charge in [0.05, 0.1) is 5.75 Å². The first-order valence-electron chi connectivity index (χ1n) is 7.33. The summed E-state index contributed by atoms with van der Waals surface area (Å²) in [6.45, 7) is 6.41. The van der Waals surface area contributed by atoms with Crippen molar-refractivity contribution in [3.05, 3.63) is 23.7 Å². The lowest BCUT2D eigenvalue weighted by atomic mass is 10.3. The zero-order chi connectivity index (χ0) is 14.4. The second kappa shape index (κ2) is 7.74. The Morgan fingerprint density at radius 3 is 2.95 bits per heavy atom. The fourth-order valence-corrected chi connectivity index (χ4v) is 3.39. The molecule has 0 saturated carbocycles. The zero-order valence-corrected chi connectivity index (χ0v) is 13.1. The zero-order valence-electron chi connectivity index (χ0n) is 12.3. The van der Waals surface area contributed by atoms with Gasteiger partial charge < -0.3 is 14.1 Å². The molecular weight excluding hydrogens is 274 g/mol. The van der Waals surface area contributed by atoms with Gasteiger partial charge in [-0.1, -0.05) is 13.8 Å². The van der Waals surface area contributed by atoms with Crippen molar-refractivity contribution in [1.29, 1.82) is 0 Å². The Bertz CT molecular complexity index is 433. The second-order valence-corrected chi connectivity index (χ2v) is 5.94. The van der Waals surface area contributed by atoms with E-state index >= 15 is 0 Å². The van der Waals surface area contributed by atoms with Gasteiger partial charge in [0.15, 0.2) is 0 Å². The topological polar surface area (TPSA) is 42.7 Å². The summed E-state index contributed by atoms with van der Waals surface area (Å²) in [5.41, 5.74) is 0. The minimum Gasteiger partial charge on any atom is -0.463 e. The van der Waals surface area contributed by atoms with Gasteiger partial charge in [0.1, 0.15) is 16.9 Å². The number of ether oxygens (including phenoxy) is 1. The van der Waals surface area contributed by atoms with Crippen molar-refractivity contribution in [3.63, 3.8) is 0 Å². The third-order valence-electron chi connectivity index (χ3n) is 3.28. The van der Waals surface area contributed by atoms with Crippen molar-refractivity contribution in [3.8, 4) is 0 Å². The summed E-state index contributed by atoms with van der Waals surface area (Å²) in [6, 6.07) is 4.00. The molecule has 0 aromatic carbocycles. The van der Waals surface area contributed by atoms with E-state index in [9.17, 15) is 4.79 Å². The fraction of sp³-hybridized carbons (Fsp3) is 0.667. The van der Waals surface area contributed by atoms with Gasteiger partial charge in [-0.25, -0.2) is 0 Å². The third kappa shape index (κ3) is 3.79. The predicted octanol–water partition coefficient (Wildman–Crippen LogP) is 3.23. The predicted molar refractivity (Wildman–Crippen MR) is 80.7 cm³/mol. The monoisotopic (exact) mass is 297 g/mol. The Balaban J connectivity index is 1.89. The maximum absolute atomic E-state index is 12.0. The van der Waals surface area contributed by atoms with Crippen molar-refractivity contribution < 1.29 is 13.9 Å². The maximum Gasteiger partial charge on any atom is 0.233 e. The number of carbonyl (C=O) groups is 1. The summed E-state index contributed by atoms with van der Waals surface area (Å²) in [5, 5.41) is 0.0361. The number of carbonyl (C=O) groups excluding carboxylic acids is 1. The number of thioether (sulfide) groups is 1. The van der Waals surface area contributed by atoms with Gasteiger partial charge in [0.25, 0.3) is 0 Å². The Morgan fingerprint density at radius 1 is 1.40 bits per heavy atom. The molecule has 0 aliphatic carbocycles. The van der Waals surface area contributed by atoms with Crippen LogP contribution in [0.15, 0.2) is 16.5 Å². The average molecular weight is 297 g/mol. The molecular formula is C15H23NO3S. The molecule has 0 N–H and O–H groups in total. The standard InChI is InChI=1S/C15H23NO3S/c1-3-9-18-10-5-8-16-14(17)11-20-15(16)13-7-6-12(4-2)19-13/h6-7,15H,3-5,8-11H2,1-2H3. The van der Waals surface area contributed by atoms with Crippen LogP contribution in [-0.4, -0.2) is 36.3 Å². The number of hydrogen-bond donors (Lipinski definition) is 0. The molecule has 0 bridgehead atoms. The van der Waals surface area contributed by atoms with E-state index in [4.69, 9.17) is 9.15 Å². The molecule has 1 aliphatic heterocycles. The molecule has 1 atom stereocenters. The van der Waals surface area contributed by atoms with Crippen molar-refractivity contribution in [2.75, 3.05) is 25.5 Å². The Labute approximate surface area is 124 Å². The first-order chi connectivity index (χ1) is 9.76. The van der Waals surface area contributed by atoms with Crippen LogP contribution in [0.4, 0.5) is 0 Å². The van der Waals surface area contributed by atoms with E-state index in [1.165, 1.54) is 0 Å². The summed E-state index contributed by atoms with van der Waals surface area (Å²) in [5.74, 6) is 2.62. The summed E-state index contributed by atoms with van der Waals surface area (Å²) >= 11 is 1.65. The van der Waals surface area contributed by atoms with Crippen LogP contribution < -0.4 is 0 Å². The molecule has 112 valence electrons. The number of hydrogen-bond acceptors (Lipinski definition) is 4. The van der Waals surface area contributed by atoms with Gasteiger partial charge >= 0.3 is 0 Å². The molecule has 1 saturated heterocycles. The smallest absolute Gasteiger partial charge is 0.233 e. The number of amides is 1. The molecule has 2 heterocycles. The van der Waals surface area contributed by atoms with Gasteiger partial charge in [-0.05, 0) is 25.0 Å². The normalized spacial score (nSPS) is 19.0. The van der Waals surface area contributed by atoms with Crippen LogP contribution in [0, 0.1) is 0 Å². The van der Waals surface area contributed by atoms with Crippen molar-refractivity contribution in [2.24, 2.45) is 0 Å². The first kappa shape index (κ1) is 15.4. The van der Waals surface area contributed by atoms with Crippen LogP contribution in [0.25, 0.3) is 0 Å². The highest BCUT2D eigenvalue weighted by Gasteiger charge is 2.34. The highest BCUT2D eigenvalue weighted by Crippen LogP contribution is 2.39. The van der Waals surface area contributed by atoms with Gasteiger partial charge in [-0.15, -0.1) is 11.8 Å². The lowest BCUT2D eigenvalue weighted by Crippen LogP contribution is -2.29. The summed E-state index contributed by atoms with van der Waals surface area (Å²) in [4.78, 5) is 13.9. The molecule has 1 unspecified atom stereocenters. The van der Waals surface area contributed by atoms with Crippen LogP contribution in [0.5, 0.6) is 0 Å². The molecule has 5 heteroatoms. The second-order valence-electron chi connectivity index (χ2n) is 4.87. The van der Waals surface area contributed by atoms with Crippen LogP contribution in [-0.2, 0) is 16.0 Å². The van der Waals surface area contributed by atoms with E-state index in [1.54, 1.807) is 11.8 Å². The lowest BCUT2D eigenvalue weighted by Gasteiger charge is -2.22. The average Bonchev–Trinajstić information content (AvgIpc) is 3.06. The maximum atomic E-state index is 12.0. The summed E-state index contributed by atoms with van der Waals surface area (Å²) in [7, 11) is 0. The Morgan fingerprint density at radius 2 is 2.25 bits per heavy atom. The van der Waals surface area contributed by atoms with E-state index < -0.39 is 0 Å². The molecule has 1 aromatic rings. The minimum atomic E-state index is 0.0361. The molecule has 1 fully saturated rings. The van der Waals surface area contributed by atoms with Gasteiger partial charge in [0, 0.05) is 26.2 Å². The van der Waals surface area contributed by atoms with E-state index in [2.05, 4.69) is 13.8 Å². The Kier molecular flexibility index (Phi) is 5.98. The highest BCUT2D eigenvalue weighted by molar-refractivity contribution is 8.00. The van der Waals surface area contributed by atoms with Crippen LogP contribution >= 0.6 is 11.8 Å². The quantitative estimate of drug-likeness (QED) is 0.691. The SMILES string of the molecule is CCCOCCCN1C(=O)CSC1c1ccc(CC)o1. The van der Waals surface area contributed by atoms with E-state index in [0.717, 1.165) is 43.9 Å². The molecule has 1 aliphatic rings. The first-order valence-corrected chi connectivity index (χ1v) is 8.38. The molecule has 20 heavy (non-hydrogen) atoms.